The Morgan fingerprint density at radius 3 is 2.79 bits per heavy atom. The van der Waals surface area contributed by atoms with Crippen molar-refractivity contribution in [3.8, 4) is 0 Å². The number of hydrogen-bond acceptors (Lipinski definition) is 3. The van der Waals surface area contributed by atoms with E-state index in [1.54, 1.807) is 0 Å². The first kappa shape index (κ1) is 15.1. The summed E-state index contributed by atoms with van der Waals surface area (Å²) in [4.78, 5) is 2.78. The fourth-order valence-electron chi connectivity index (χ4n) is 1.85. The van der Waals surface area contributed by atoms with Gasteiger partial charge < -0.3 is 5.32 Å². The number of halogens is 1. The first-order chi connectivity index (χ1) is 9.17. The molecule has 0 aliphatic carbocycles. The lowest BCUT2D eigenvalue weighted by Gasteiger charge is -2.15. The average Bonchev–Trinajstić information content (AvgIpc) is 2.80. The first-order valence-electron chi connectivity index (χ1n) is 6.28. The van der Waals surface area contributed by atoms with Crippen LogP contribution in [0, 0.1) is 6.92 Å². The summed E-state index contributed by atoms with van der Waals surface area (Å²) in [5.41, 5.74) is 1.33. The first-order valence-corrected chi connectivity index (χ1v) is 8.88. The van der Waals surface area contributed by atoms with Crippen LogP contribution in [0.4, 0.5) is 0 Å². The predicted molar refractivity (Wildman–Crippen MR) is 90.5 cm³/mol. The predicted octanol–water partition coefficient (Wildman–Crippen LogP) is 4.74. The number of thiophene rings is 1. The molecule has 1 atom stereocenters. The number of aryl methyl sites for hydroxylation is 1. The Morgan fingerprint density at radius 1 is 1.32 bits per heavy atom. The van der Waals surface area contributed by atoms with Crippen molar-refractivity contribution in [2.75, 3.05) is 12.8 Å². The molecule has 0 bridgehead atoms. The average molecular weight is 356 g/mol. The molecule has 1 nitrogen and oxygen atoms in total. The highest BCUT2D eigenvalue weighted by Crippen LogP contribution is 2.25. The minimum atomic E-state index is 0.510. The van der Waals surface area contributed by atoms with Gasteiger partial charge in [-0.05, 0) is 60.6 Å². The number of thioether (sulfide) groups is 1. The summed E-state index contributed by atoms with van der Waals surface area (Å²) in [6.45, 7) is 2.14. The van der Waals surface area contributed by atoms with Gasteiger partial charge in [0, 0.05) is 21.6 Å². The van der Waals surface area contributed by atoms with E-state index in [9.17, 15) is 0 Å². The number of hydrogen-bond donors (Lipinski definition) is 1. The third-order valence-electron chi connectivity index (χ3n) is 2.93. The molecule has 0 saturated carbocycles. The standard InChI is InChI=1S/C15H18BrNS2/c1-11-4-3-5-13(8-11)18-10-12(17-2)9-14-6-7-15(16)19-14/h3-8,12,17H,9-10H2,1-2H3. The lowest BCUT2D eigenvalue weighted by atomic mass is 10.2. The van der Waals surface area contributed by atoms with Gasteiger partial charge in [0.2, 0.25) is 0 Å². The third-order valence-corrected chi connectivity index (χ3v) is 5.73. The van der Waals surface area contributed by atoms with Crippen LogP contribution in [-0.4, -0.2) is 18.8 Å². The fraction of sp³-hybridized carbons (Fsp3) is 0.333. The molecule has 19 heavy (non-hydrogen) atoms. The topological polar surface area (TPSA) is 12.0 Å². The second-order valence-electron chi connectivity index (χ2n) is 4.52. The van der Waals surface area contributed by atoms with E-state index < -0.39 is 0 Å². The Bertz CT molecular complexity index is 524. The summed E-state index contributed by atoms with van der Waals surface area (Å²) in [6.07, 6.45) is 1.09. The van der Waals surface area contributed by atoms with Gasteiger partial charge in [-0.1, -0.05) is 17.7 Å². The maximum Gasteiger partial charge on any atom is 0.0701 e. The summed E-state index contributed by atoms with van der Waals surface area (Å²) in [7, 11) is 2.05. The highest BCUT2D eigenvalue weighted by molar-refractivity contribution is 9.11. The maximum absolute atomic E-state index is 3.52. The van der Waals surface area contributed by atoms with Crippen LogP contribution in [0.5, 0.6) is 0 Å². The molecule has 1 heterocycles. The summed E-state index contributed by atoms with van der Waals surface area (Å²) < 4.78 is 1.21. The van der Waals surface area contributed by atoms with Gasteiger partial charge in [-0.3, -0.25) is 0 Å². The minimum absolute atomic E-state index is 0.510. The molecule has 2 aromatic rings. The van der Waals surface area contributed by atoms with E-state index in [1.165, 1.54) is 19.1 Å². The molecule has 2 rings (SSSR count). The Hall–Kier alpha value is -0.290. The SMILES string of the molecule is CNC(CSc1cccc(C)c1)Cc1ccc(Br)s1. The molecule has 4 heteroatoms. The zero-order valence-electron chi connectivity index (χ0n) is 11.2. The van der Waals surface area contributed by atoms with Gasteiger partial charge in [-0.25, -0.2) is 0 Å². The van der Waals surface area contributed by atoms with E-state index in [4.69, 9.17) is 0 Å². The molecular weight excluding hydrogens is 338 g/mol. The largest absolute Gasteiger partial charge is 0.316 e. The van der Waals surface area contributed by atoms with E-state index in [0.717, 1.165) is 12.2 Å². The minimum Gasteiger partial charge on any atom is -0.316 e. The third kappa shape index (κ3) is 4.95. The highest BCUT2D eigenvalue weighted by atomic mass is 79.9. The maximum atomic E-state index is 3.52. The van der Waals surface area contributed by atoms with Crippen molar-refractivity contribution < 1.29 is 0 Å². The van der Waals surface area contributed by atoms with Crippen LogP contribution >= 0.6 is 39.0 Å². The summed E-state index contributed by atoms with van der Waals surface area (Å²) >= 11 is 7.27. The van der Waals surface area contributed by atoms with E-state index in [1.807, 2.05) is 30.1 Å². The lowest BCUT2D eigenvalue weighted by molar-refractivity contribution is 0.622. The monoisotopic (exact) mass is 355 g/mol. The molecule has 1 N–H and O–H groups in total. The number of rotatable bonds is 6. The van der Waals surface area contributed by atoms with Gasteiger partial charge in [0.25, 0.3) is 0 Å². The Kier molecular flexibility index (Phi) is 5.95. The molecule has 102 valence electrons. The van der Waals surface area contributed by atoms with Crippen LogP contribution in [0.25, 0.3) is 0 Å². The molecule has 0 aliphatic rings. The zero-order chi connectivity index (χ0) is 13.7. The molecule has 1 aromatic carbocycles. The Labute approximate surface area is 131 Å². The van der Waals surface area contributed by atoms with E-state index in [2.05, 4.69) is 64.6 Å². The summed E-state index contributed by atoms with van der Waals surface area (Å²) in [5, 5.41) is 3.42. The van der Waals surface area contributed by atoms with Crippen molar-refractivity contribution >= 4 is 39.0 Å². The zero-order valence-corrected chi connectivity index (χ0v) is 14.4. The quantitative estimate of drug-likeness (QED) is 0.750. The van der Waals surface area contributed by atoms with Gasteiger partial charge in [-0.15, -0.1) is 23.1 Å². The second kappa shape index (κ2) is 7.48. The number of likely N-dealkylation sites (N-methyl/N-ethyl adjacent to an activating group) is 1. The molecule has 0 aliphatic heterocycles. The molecule has 0 fully saturated rings. The van der Waals surface area contributed by atoms with Crippen LogP contribution in [0.3, 0.4) is 0 Å². The van der Waals surface area contributed by atoms with Crippen molar-refractivity contribution in [3.63, 3.8) is 0 Å². The highest BCUT2D eigenvalue weighted by Gasteiger charge is 2.09. The van der Waals surface area contributed by atoms with Crippen LogP contribution in [-0.2, 0) is 6.42 Å². The van der Waals surface area contributed by atoms with E-state index in [-0.39, 0.29) is 0 Å². The van der Waals surface area contributed by atoms with Crippen molar-refractivity contribution in [1.82, 2.24) is 5.32 Å². The number of benzene rings is 1. The van der Waals surface area contributed by atoms with Crippen LogP contribution < -0.4 is 5.32 Å². The second-order valence-corrected chi connectivity index (χ2v) is 8.16. The van der Waals surface area contributed by atoms with Crippen molar-refractivity contribution in [3.05, 3.63) is 50.6 Å². The van der Waals surface area contributed by atoms with Crippen molar-refractivity contribution in [1.29, 1.82) is 0 Å². The van der Waals surface area contributed by atoms with Gasteiger partial charge in [-0.2, -0.15) is 0 Å². The molecule has 0 radical (unpaired) electrons. The van der Waals surface area contributed by atoms with Gasteiger partial charge in [0.15, 0.2) is 0 Å². The van der Waals surface area contributed by atoms with Gasteiger partial charge in [0.1, 0.15) is 0 Å². The van der Waals surface area contributed by atoms with Gasteiger partial charge >= 0.3 is 0 Å². The summed E-state index contributed by atoms with van der Waals surface area (Å²) in [6, 6.07) is 13.5. The van der Waals surface area contributed by atoms with Crippen LogP contribution in [0.2, 0.25) is 0 Å². The normalized spacial score (nSPS) is 12.6. The van der Waals surface area contributed by atoms with Crippen LogP contribution in [0.1, 0.15) is 10.4 Å². The molecule has 1 aromatic heterocycles. The molecule has 0 spiro atoms. The van der Waals surface area contributed by atoms with Crippen molar-refractivity contribution in [2.24, 2.45) is 0 Å². The van der Waals surface area contributed by atoms with Crippen molar-refractivity contribution in [2.45, 2.75) is 24.3 Å². The molecule has 0 saturated heterocycles. The summed E-state index contributed by atoms with van der Waals surface area (Å²) in [5.74, 6) is 1.09. The number of nitrogens with one attached hydrogen (secondary N) is 1. The van der Waals surface area contributed by atoms with E-state index in [0.29, 0.717) is 6.04 Å². The van der Waals surface area contributed by atoms with Crippen LogP contribution in [0.15, 0.2) is 45.1 Å². The lowest BCUT2D eigenvalue weighted by Crippen LogP contribution is -2.29. The van der Waals surface area contributed by atoms with Gasteiger partial charge in [0.05, 0.1) is 3.79 Å². The molecular formula is C15H18BrNS2. The van der Waals surface area contributed by atoms with E-state index >= 15 is 0 Å². The molecule has 1 unspecified atom stereocenters. The Morgan fingerprint density at radius 2 is 2.16 bits per heavy atom. The smallest absolute Gasteiger partial charge is 0.0701 e. The Balaban J connectivity index is 1.89. The molecule has 0 amide bonds. The fourth-order valence-corrected chi connectivity index (χ4v) is 4.54.